The Morgan fingerprint density at radius 3 is 2.41 bits per heavy atom. The van der Waals surface area contributed by atoms with Crippen LogP contribution < -0.4 is 14.8 Å². The standard InChI is InChI=1S/C15H16BrNO5/c16-11-6-13-12(21-7-22-13)5-10(11)14(18)17-9-3-1-8(2-4-9)15(19)20/h5-6,8-9H,1-4,7H2,(H,17,18)(H,19,20). The molecule has 0 bridgehead atoms. The van der Waals surface area contributed by atoms with Crippen LogP contribution in [0.25, 0.3) is 0 Å². The molecule has 1 aromatic rings. The zero-order valence-corrected chi connectivity index (χ0v) is 13.4. The third kappa shape index (κ3) is 3.04. The molecule has 2 aliphatic rings. The van der Waals surface area contributed by atoms with Gasteiger partial charge < -0.3 is 19.9 Å². The van der Waals surface area contributed by atoms with E-state index in [1.165, 1.54) is 0 Å². The molecule has 1 aromatic carbocycles. The van der Waals surface area contributed by atoms with Gasteiger partial charge in [-0.15, -0.1) is 0 Å². The van der Waals surface area contributed by atoms with Crippen molar-refractivity contribution in [1.82, 2.24) is 5.32 Å². The molecule has 1 aliphatic carbocycles. The summed E-state index contributed by atoms with van der Waals surface area (Å²) in [6, 6.07) is 3.39. The number of ether oxygens (including phenoxy) is 2. The Bertz CT molecular complexity index is 610. The zero-order valence-electron chi connectivity index (χ0n) is 11.8. The van der Waals surface area contributed by atoms with E-state index in [0.717, 1.165) is 0 Å². The van der Waals surface area contributed by atoms with Gasteiger partial charge in [-0.3, -0.25) is 9.59 Å². The minimum Gasteiger partial charge on any atom is -0.481 e. The Morgan fingerprint density at radius 1 is 1.14 bits per heavy atom. The van der Waals surface area contributed by atoms with Gasteiger partial charge in [0.2, 0.25) is 6.79 Å². The number of nitrogens with one attached hydrogen (secondary N) is 1. The van der Waals surface area contributed by atoms with Gasteiger partial charge in [0.05, 0.1) is 11.5 Å². The normalized spacial score (nSPS) is 23.1. The maximum atomic E-state index is 12.4. The molecule has 2 N–H and O–H groups in total. The third-order valence-corrected chi connectivity index (χ3v) is 4.77. The number of halogens is 1. The zero-order chi connectivity index (χ0) is 15.7. The maximum absolute atomic E-state index is 12.4. The molecule has 1 heterocycles. The Morgan fingerprint density at radius 2 is 1.77 bits per heavy atom. The molecule has 0 unspecified atom stereocenters. The first-order valence-electron chi connectivity index (χ1n) is 7.17. The van der Waals surface area contributed by atoms with Crippen molar-refractivity contribution >= 4 is 27.8 Å². The van der Waals surface area contributed by atoms with Gasteiger partial charge in [-0.1, -0.05) is 0 Å². The van der Waals surface area contributed by atoms with E-state index in [2.05, 4.69) is 21.2 Å². The second-order valence-electron chi connectivity index (χ2n) is 5.55. The third-order valence-electron chi connectivity index (χ3n) is 4.12. The summed E-state index contributed by atoms with van der Waals surface area (Å²) in [6.07, 6.45) is 2.57. The highest BCUT2D eigenvalue weighted by atomic mass is 79.9. The summed E-state index contributed by atoms with van der Waals surface area (Å²) in [6.45, 7) is 0.159. The molecule has 0 atom stereocenters. The molecule has 0 aromatic heterocycles. The first kappa shape index (κ1) is 15.1. The van der Waals surface area contributed by atoms with Gasteiger partial charge in [0.25, 0.3) is 5.91 Å². The van der Waals surface area contributed by atoms with Crippen molar-refractivity contribution in [2.45, 2.75) is 31.7 Å². The van der Waals surface area contributed by atoms with Gasteiger partial charge in [-0.05, 0) is 53.7 Å². The summed E-state index contributed by atoms with van der Waals surface area (Å²) >= 11 is 3.37. The molecule has 1 aliphatic heterocycles. The predicted octanol–water partition coefficient (Wildman–Crippen LogP) is 2.55. The molecule has 3 rings (SSSR count). The van der Waals surface area contributed by atoms with Crippen molar-refractivity contribution in [3.05, 3.63) is 22.2 Å². The first-order chi connectivity index (χ1) is 10.5. The largest absolute Gasteiger partial charge is 0.481 e. The molecular weight excluding hydrogens is 354 g/mol. The van der Waals surface area contributed by atoms with Crippen LogP contribution in [-0.4, -0.2) is 29.8 Å². The van der Waals surface area contributed by atoms with Gasteiger partial charge in [-0.2, -0.15) is 0 Å². The van der Waals surface area contributed by atoms with E-state index in [9.17, 15) is 9.59 Å². The van der Waals surface area contributed by atoms with Gasteiger partial charge >= 0.3 is 5.97 Å². The van der Waals surface area contributed by atoms with E-state index >= 15 is 0 Å². The van der Waals surface area contributed by atoms with Crippen molar-refractivity contribution < 1.29 is 24.2 Å². The number of carboxylic acid groups (broad SMARTS) is 1. The summed E-state index contributed by atoms with van der Waals surface area (Å²) in [7, 11) is 0. The minimum absolute atomic E-state index is 0.0143. The number of hydrogen-bond acceptors (Lipinski definition) is 4. The van der Waals surface area contributed by atoms with Crippen LogP contribution in [0.4, 0.5) is 0 Å². The smallest absolute Gasteiger partial charge is 0.306 e. The fourth-order valence-electron chi connectivity index (χ4n) is 2.84. The van der Waals surface area contributed by atoms with E-state index in [1.807, 2.05) is 0 Å². The Balaban J connectivity index is 1.65. The lowest BCUT2D eigenvalue weighted by Crippen LogP contribution is -2.38. The second-order valence-corrected chi connectivity index (χ2v) is 6.40. The van der Waals surface area contributed by atoms with Gasteiger partial charge in [-0.25, -0.2) is 0 Å². The fourth-order valence-corrected chi connectivity index (χ4v) is 3.34. The van der Waals surface area contributed by atoms with E-state index in [0.29, 0.717) is 47.2 Å². The van der Waals surface area contributed by atoms with Gasteiger partial charge in [0.15, 0.2) is 11.5 Å². The predicted molar refractivity (Wildman–Crippen MR) is 81.1 cm³/mol. The SMILES string of the molecule is O=C(NC1CCC(C(=O)O)CC1)c1cc2c(cc1Br)OCO2. The highest BCUT2D eigenvalue weighted by molar-refractivity contribution is 9.10. The van der Waals surface area contributed by atoms with Crippen LogP contribution in [0.1, 0.15) is 36.0 Å². The van der Waals surface area contributed by atoms with Crippen LogP contribution >= 0.6 is 15.9 Å². The molecule has 22 heavy (non-hydrogen) atoms. The summed E-state index contributed by atoms with van der Waals surface area (Å²) in [5.74, 6) is -0.0500. The molecule has 0 radical (unpaired) electrons. The van der Waals surface area contributed by atoms with Crippen LogP contribution in [0.5, 0.6) is 11.5 Å². The van der Waals surface area contributed by atoms with E-state index in [-0.39, 0.29) is 24.7 Å². The van der Waals surface area contributed by atoms with Crippen LogP contribution in [0.15, 0.2) is 16.6 Å². The highest BCUT2D eigenvalue weighted by Crippen LogP contribution is 2.37. The molecule has 1 saturated carbocycles. The number of rotatable bonds is 3. The number of carbonyl (C=O) groups excluding carboxylic acids is 1. The quantitative estimate of drug-likeness (QED) is 0.854. The molecular formula is C15H16BrNO5. The van der Waals surface area contributed by atoms with Gasteiger partial charge in [0, 0.05) is 10.5 Å². The van der Waals surface area contributed by atoms with Crippen LogP contribution in [0, 0.1) is 5.92 Å². The van der Waals surface area contributed by atoms with Gasteiger partial charge in [0.1, 0.15) is 0 Å². The van der Waals surface area contributed by atoms with Crippen molar-refractivity contribution in [2.75, 3.05) is 6.79 Å². The van der Waals surface area contributed by atoms with E-state index < -0.39 is 5.97 Å². The molecule has 0 saturated heterocycles. The number of amides is 1. The number of hydrogen-bond donors (Lipinski definition) is 2. The lowest BCUT2D eigenvalue weighted by atomic mass is 9.86. The molecule has 118 valence electrons. The van der Waals surface area contributed by atoms with Crippen molar-refractivity contribution in [3.8, 4) is 11.5 Å². The average Bonchev–Trinajstić information content (AvgIpc) is 2.94. The van der Waals surface area contributed by atoms with E-state index in [1.54, 1.807) is 12.1 Å². The molecule has 1 fully saturated rings. The Labute approximate surface area is 135 Å². The monoisotopic (exact) mass is 369 g/mol. The number of benzene rings is 1. The molecule has 7 heteroatoms. The Hall–Kier alpha value is -1.76. The summed E-state index contributed by atoms with van der Waals surface area (Å²) in [4.78, 5) is 23.3. The summed E-state index contributed by atoms with van der Waals surface area (Å²) in [5, 5.41) is 12.0. The first-order valence-corrected chi connectivity index (χ1v) is 7.96. The van der Waals surface area contributed by atoms with E-state index in [4.69, 9.17) is 14.6 Å². The van der Waals surface area contributed by atoms with Crippen LogP contribution in [0.3, 0.4) is 0 Å². The summed E-state index contributed by atoms with van der Waals surface area (Å²) in [5.41, 5.74) is 0.490. The fraction of sp³-hybridized carbons (Fsp3) is 0.467. The maximum Gasteiger partial charge on any atom is 0.306 e. The number of carboxylic acids is 1. The lowest BCUT2D eigenvalue weighted by molar-refractivity contribution is -0.142. The number of fused-ring (bicyclic) bond motifs is 1. The molecule has 0 spiro atoms. The highest BCUT2D eigenvalue weighted by Gasteiger charge is 2.28. The second kappa shape index (κ2) is 6.16. The summed E-state index contributed by atoms with van der Waals surface area (Å²) < 4.78 is 11.2. The number of aliphatic carboxylic acids is 1. The van der Waals surface area contributed by atoms with Crippen LogP contribution in [0.2, 0.25) is 0 Å². The van der Waals surface area contributed by atoms with Crippen molar-refractivity contribution in [3.63, 3.8) is 0 Å². The molecule has 1 amide bonds. The van der Waals surface area contributed by atoms with Crippen molar-refractivity contribution in [2.24, 2.45) is 5.92 Å². The lowest BCUT2D eigenvalue weighted by Gasteiger charge is -2.27. The van der Waals surface area contributed by atoms with Crippen molar-refractivity contribution in [1.29, 1.82) is 0 Å². The van der Waals surface area contributed by atoms with Crippen LogP contribution in [-0.2, 0) is 4.79 Å². The topological polar surface area (TPSA) is 84.9 Å². The Kier molecular flexibility index (Phi) is 4.24. The molecule has 6 nitrogen and oxygen atoms in total. The minimum atomic E-state index is -0.747. The number of carbonyl (C=O) groups is 2. The average molecular weight is 370 g/mol.